The smallest absolute Gasteiger partial charge is 0.249 e. The first-order chi connectivity index (χ1) is 9.97. The molecule has 1 aromatic carbocycles. The second kappa shape index (κ2) is 4.76. The van der Waals surface area contributed by atoms with Gasteiger partial charge in [0.2, 0.25) is 23.3 Å². The number of rotatable bonds is 2. The van der Waals surface area contributed by atoms with E-state index < -0.39 is 23.1 Å². The van der Waals surface area contributed by atoms with Gasteiger partial charge in [0.05, 0.1) is 0 Å². The SMILES string of the molecule is O=C1CCCN1c1oc(-c2cc(F)cc(F)c2)c(O)c1O. The van der Waals surface area contributed by atoms with E-state index in [1.165, 1.54) is 4.90 Å². The van der Waals surface area contributed by atoms with Gasteiger partial charge in [-0.2, -0.15) is 0 Å². The summed E-state index contributed by atoms with van der Waals surface area (Å²) in [4.78, 5) is 12.8. The van der Waals surface area contributed by atoms with Crippen LogP contribution in [-0.4, -0.2) is 22.7 Å². The molecule has 2 heterocycles. The average Bonchev–Trinajstić information content (AvgIpc) is 2.94. The molecule has 2 N–H and O–H groups in total. The van der Waals surface area contributed by atoms with E-state index in [0.29, 0.717) is 25.5 Å². The minimum atomic E-state index is -0.848. The molecule has 7 heteroatoms. The van der Waals surface area contributed by atoms with Crippen LogP contribution in [0.25, 0.3) is 11.3 Å². The lowest BCUT2D eigenvalue weighted by Crippen LogP contribution is -2.23. The van der Waals surface area contributed by atoms with E-state index in [1.54, 1.807) is 0 Å². The third-order valence-electron chi connectivity index (χ3n) is 3.28. The van der Waals surface area contributed by atoms with Gasteiger partial charge in [-0.3, -0.25) is 9.69 Å². The topological polar surface area (TPSA) is 73.9 Å². The highest BCUT2D eigenvalue weighted by Gasteiger charge is 2.31. The van der Waals surface area contributed by atoms with E-state index >= 15 is 0 Å². The first-order valence-corrected chi connectivity index (χ1v) is 6.29. The van der Waals surface area contributed by atoms with Crippen LogP contribution < -0.4 is 4.90 Å². The Morgan fingerprint density at radius 3 is 2.33 bits per heavy atom. The van der Waals surface area contributed by atoms with Crippen molar-refractivity contribution < 1.29 is 28.2 Å². The van der Waals surface area contributed by atoms with Crippen molar-refractivity contribution in [3.63, 3.8) is 0 Å². The largest absolute Gasteiger partial charge is 0.502 e. The molecule has 1 saturated heterocycles. The minimum Gasteiger partial charge on any atom is -0.502 e. The molecule has 1 aliphatic rings. The standard InChI is InChI=1S/C14H11F2NO4/c15-8-4-7(5-9(16)6-8)13-11(19)12(20)14(21-13)17-3-1-2-10(17)18/h4-6,19-20H,1-3H2. The first kappa shape index (κ1) is 13.4. The molecule has 5 nitrogen and oxygen atoms in total. The molecule has 0 radical (unpaired) electrons. The summed E-state index contributed by atoms with van der Waals surface area (Å²) in [6, 6.07) is 2.58. The fourth-order valence-corrected chi connectivity index (χ4v) is 2.33. The summed E-state index contributed by atoms with van der Waals surface area (Å²) >= 11 is 0. The summed E-state index contributed by atoms with van der Waals surface area (Å²) in [5.41, 5.74) is -0.0711. The van der Waals surface area contributed by atoms with Crippen LogP contribution >= 0.6 is 0 Å². The second-order valence-electron chi connectivity index (χ2n) is 4.74. The van der Waals surface area contributed by atoms with Gasteiger partial charge in [0.25, 0.3) is 0 Å². The molecule has 1 aliphatic heterocycles. The van der Waals surface area contributed by atoms with Crippen LogP contribution in [0.2, 0.25) is 0 Å². The number of furan rings is 1. The molecule has 0 atom stereocenters. The monoisotopic (exact) mass is 295 g/mol. The highest BCUT2D eigenvalue weighted by molar-refractivity contribution is 5.96. The molecule has 3 rings (SSSR count). The van der Waals surface area contributed by atoms with Crippen molar-refractivity contribution in [2.45, 2.75) is 12.8 Å². The summed E-state index contributed by atoms with van der Waals surface area (Å²) in [5.74, 6) is -3.73. The van der Waals surface area contributed by atoms with Gasteiger partial charge in [0.15, 0.2) is 5.76 Å². The molecule has 0 unspecified atom stereocenters. The lowest BCUT2D eigenvalue weighted by Gasteiger charge is -2.11. The normalized spacial score (nSPS) is 15.0. The van der Waals surface area contributed by atoms with Crippen LogP contribution in [-0.2, 0) is 4.79 Å². The molecule has 21 heavy (non-hydrogen) atoms. The fourth-order valence-electron chi connectivity index (χ4n) is 2.33. The Morgan fingerprint density at radius 1 is 1.10 bits per heavy atom. The van der Waals surface area contributed by atoms with Gasteiger partial charge >= 0.3 is 0 Å². The predicted molar refractivity (Wildman–Crippen MR) is 69.0 cm³/mol. The zero-order chi connectivity index (χ0) is 15.1. The molecule has 0 bridgehead atoms. The molecule has 0 saturated carbocycles. The minimum absolute atomic E-state index is 0.0711. The third-order valence-corrected chi connectivity index (χ3v) is 3.28. The Hall–Kier alpha value is -2.57. The van der Waals surface area contributed by atoms with E-state index in [-0.39, 0.29) is 23.1 Å². The number of anilines is 1. The number of nitrogens with zero attached hydrogens (tertiary/aromatic N) is 1. The third kappa shape index (κ3) is 2.20. The Kier molecular flexibility index (Phi) is 3.04. The van der Waals surface area contributed by atoms with Gasteiger partial charge in [-0.05, 0) is 18.6 Å². The van der Waals surface area contributed by atoms with Gasteiger partial charge in [-0.25, -0.2) is 8.78 Å². The summed E-state index contributed by atoms with van der Waals surface area (Å²) in [6.07, 6.45) is 0.911. The summed E-state index contributed by atoms with van der Waals surface area (Å²) in [7, 11) is 0. The van der Waals surface area contributed by atoms with Crippen molar-refractivity contribution in [1.29, 1.82) is 0 Å². The maximum absolute atomic E-state index is 13.2. The summed E-state index contributed by atoms with van der Waals surface area (Å²) in [5, 5.41) is 19.7. The molecule has 110 valence electrons. The zero-order valence-electron chi connectivity index (χ0n) is 10.8. The van der Waals surface area contributed by atoms with E-state index in [1.807, 2.05) is 0 Å². The Morgan fingerprint density at radius 2 is 1.76 bits per heavy atom. The molecule has 0 aliphatic carbocycles. The number of hydrogen-bond donors (Lipinski definition) is 2. The van der Waals surface area contributed by atoms with E-state index in [0.717, 1.165) is 12.1 Å². The van der Waals surface area contributed by atoms with Crippen molar-refractivity contribution in [3.05, 3.63) is 29.8 Å². The maximum Gasteiger partial charge on any atom is 0.249 e. The van der Waals surface area contributed by atoms with E-state index in [2.05, 4.69) is 0 Å². The molecule has 1 fully saturated rings. The van der Waals surface area contributed by atoms with Crippen LogP contribution in [0.15, 0.2) is 22.6 Å². The zero-order valence-corrected chi connectivity index (χ0v) is 10.8. The summed E-state index contributed by atoms with van der Waals surface area (Å²) in [6.45, 7) is 0.344. The number of hydrogen-bond acceptors (Lipinski definition) is 4. The van der Waals surface area contributed by atoms with Crippen LogP contribution in [0.1, 0.15) is 12.8 Å². The first-order valence-electron chi connectivity index (χ1n) is 6.29. The van der Waals surface area contributed by atoms with Gasteiger partial charge in [-0.1, -0.05) is 0 Å². The number of amides is 1. The van der Waals surface area contributed by atoms with Crippen molar-refractivity contribution in [2.75, 3.05) is 11.4 Å². The van der Waals surface area contributed by atoms with Crippen molar-refractivity contribution in [3.8, 4) is 22.8 Å². The van der Waals surface area contributed by atoms with E-state index in [9.17, 15) is 23.8 Å². The maximum atomic E-state index is 13.2. The van der Waals surface area contributed by atoms with Crippen LogP contribution in [0.3, 0.4) is 0 Å². The highest BCUT2D eigenvalue weighted by atomic mass is 19.1. The molecule has 2 aromatic rings. The van der Waals surface area contributed by atoms with Gasteiger partial charge < -0.3 is 14.6 Å². The Labute approximate surface area is 118 Å². The van der Waals surface area contributed by atoms with Crippen LogP contribution in [0, 0.1) is 11.6 Å². The second-order valence-corrected chi connectivity index (χ2v) is 4.74. The molecular formula is C14H11F2NO4. The predicted octanol–water partition coefficient (Wildman–Crippen LogP) is 2.76. The number of aromatic hydroxyl groups is 2. The quantitative estimate of drug-likeness (QED) is 0.893. The number of carbonyl (C=O) groups is 1. The van der Waals surface area contributed by atoms with E-state index in [4.69, 9.17) is 4.42 Å². The highest BCUT2D eigenvalue weighted by Crippen LogP contribution is 2.47. The lowest BCUT2D eigenvalue weighted by molar-refractivity contribution is -0.117. The molecule has 0 spiro atoms. The van der Waals surface area contributed by atoms with Crippen LogP contribution in [0.4, 0.5) is 14.7 Å². The van der Waals surface area contributed by atoms with Crippen molar-refractivity contribution >= 4 is 11.8 Å². The molecular weight excluding hydrogens is 284 g/mol. The summed E-state index contributed by atoms with van der Waals surface area (Å²) < 4.78 is 31.7. The lowest BCUT2D eigenvalue weighted by atomic mass is 10.1. The van der Waals surface area contributed by atoms with Gasteiger partial charge in [-0.15, -0.1) is 0 Å². The van der Waals surface area contributed by atoms with Crippen molar-refractivity contribution in [2.24, 2.45) is 0 Å². The molecule has 1 amide bonds. The Bertz CT molecular complexity index is 706. The Balaban J connectivity index is 2.10. The molecule has 1 aromatic heterocycles. The van der Waals surface area contributed by atoms with Crippen LogP contribution in [0.5, 0.6) is 11.5 Å². The number of benzene rings is 1. The number of carbonyl (C=O) groups excluding carboxylic acids is 1. The van der Waals surface area contributed by atoms with Crippen molar-refractivity contribution in [1.82, 2.24) is 0 Å². The van der Waals surface area contributed by atoms with Gasteiger partial charge in [0.1, 0.15) is 11.6 Å². The van der Waals surface area contributed by atoms with Gasteiger partial charge in [0, 0.05) is 24.6 Å². The number of halogens is 2. The average molecular weight is 295 g/mol. The fraction of sp³-hybridized carbons (Fsp3) is 0.214.